The summed E-state index contributed by atoms with van der Waals surface area (Å²) in [5.41, 5.74) is 15.1. The van der Waals surface area contributed by atoms with E-state index < -0.39 is 0 Å². The summed E-state index contributed by atoms with van der Waals surface area (Å²) in [5.74, 6) is 2.00. The Kier molecular flexibility index (Phi) is 11.5. The van der Waals surface area contributed by atoms with Crippen LogP contribution < -0.4 is 13.9 Å². The minimum absolute atomic E-state index is 0. The van der Waals surface area contributed by atoms with Gasteiger partial charge in [0.2, 0.25) is 5.69 Å². The van der Waals surface area contributed by atoms with Crippen LogP contribution in [0, 0.1) is 12.1 Å². The van der Waals surface area contributed by atoms with Crippen LogP contribution in [0.15, 0.2) is 194 Å². The third-order valence-electron chi connectivity index (χ3n) is 12.8. The molecule has 0 spiro atoms. The van der Waals surface area contributed by atoms with Crippen LogP contribution in [-0.4, -0.2) is 15.6 Å². The Bertz CT molecular complexity index is 3540. The number of hydrogen-bond acceptors (Lipinski definition) is 2. The molecule has 6 heteroatoms. The number of hydrogen-bond donors (Lipinski definition) is 0. The van der Waals surface area contributed by atoms with Crippen molar-refractivity contribution in [3.63, 3.8) is 0 Å². The van der Waals surface area contributed by atoms with Gasteiger partial charge in [0, 0.05) is 47.0 Å². The van der Waals surface area contributed by atoms with Crippen molar-refractivity contribution >= 4 is 50.6 Å². The van der Waals surface area contributed by atoms with Crippen molar-refractivity contribution in [2.24, 2.45) is 0 Å². The van der Waals surface area contributed by atoms with E-state index in [1.54, 1.807) is 0 Å². The molecule has 2 aromatic heterocycles. The van der Waals surface area contributed by atoms with E-state index in [0.717, 1.165) is 83.8 Å². The van der Waals surface area contributed by atoms with Crippen LogP contribution >= 0.6 is 0 Å². The minimum Gasteiger partial charge on any atom is -0.509 e. The molecule has 0 aliphatic carbocycles. The average molecular weight is 1060 g/mol. The summed E-state index contributed by atoms with van der Waals surface area (Å²) in [6.45, 7) is 13.5. The smallest absolute Gasteiger partial charge is 0.509 e. The van der Waals surface area contributed by atoms with E-state index in [2.05, 4.69) is 237 Å². The first-order valence-corrected chi connectivity index (χ1v) is 23.0. The normalized spacial score (nSPS) is 12.4. The van der Waals surface area contributed by atoms with Crippen molar-refractivity contribution in [1.29, 1.82) is 0 Å². The minimum atomic E-state index is -0.0448. The molecule has 0 radical (unpaired) electrons. The maximum absolute atomic E-state index is 6.74. The van der Waals surface area contributed by atoms with Crippen LogP contribution in [0.4, 0.5) is 22.7 Å². The first-order valence-electron chi connectivity index (χ1n) is 23.0. The largest absolute Gasteiger partial charge is 2.00 e. The standard InChI is InChI=1S/C62H50N4O.Pt/c1-61(2,3)44-31-34-55-54(37-44)52-33-32-49(40-57(52)66(55)58-38-45(35-36-63-58)62(4,5)6)67-48-26-16-25-47(39-48)64-41-65(46-23-14-9-15-24-46)60-53(29-18-30-56(60)64)59-50(42-19-10-7-11-20-42)27-17-28-51(59)43-21-12-8-13-22-43;/h7-38H,1-6H3;/q;+2. The van der Waals surface area contributed by atoms with Gasteiger partial charge in [-0.2, -0.15) is 12.1 Å². The zero-order valence-electron chi connectivity index (χ0n) is 39.0. The van der Waals surface area contributed by atoms with Gasteiger partial charge < -0.3 is 9.30 Å². The van der Waals surface area contributed by atoms with Crippen molar-refractivity contribution < 1.29 is 25.8 Å². The second kappa shape index (κ2) is 17.7. The predicted octanol–water partition coefficient (Wildman–Crippen LogP) is 16.0. The van der Waals surface area contributed by atoms with Crippen molar-refractivity contribution in [2.45, 2.75) is 52.4 Å². The predicted molar refractivity (Wildman–Crippen MR) is 277 cm³/mol. The van der Waals surface area contributed by atoms with Crippen LogP contribution in [0.2, 0.25) is 0 Å². The summed E-state index contributed by atoms with van der Waals surface area (Å²) in [5, 5.41) is 2.25. The molecule has 10 aromatic rings. The van der Waals surface area contributed by atoms with E-state index >= 15 is 0 Å². The molecule has 8 aromatic carbocycles. The quantitative estimate of drug-likeness (QED) is 0.112. The second-order valence-electron chi connectivity index (χ2n) is 19.3. The second-order valence-corrected chi connectivity index (χ2v) is 19.3. The van der Waals surface area contributed by atoms with Crippen molar-refractivity contribution in [3.8, 4) is 50.7 Å². The van der Waals surface area contributed by atoms with Gasteiger partial charge in [0.05, 0.1) is 5.56 Å². The third kappa shape index (κ3) is 8.13. The summed E-state index contributed by atoms with van der Waals surface area (Å²) >= 11 is 0. The molecule has 11 rings (SSSR count). The zero-order valence-corrected chi connectivity index (χ0v) is 41.3. The Hall–Kier alpha value is -7.42. The monoisotopic (exact) mass is 1060 g/mol. The first-order chi connectivity index (χ1) is 32.5. The van der Waals surface area contributed by atoms with Gasteiger partial charge in [-0.25, -0.2) is 4.98 Å². The number of rotatable bonds is 8. The van der Waals surface area contributed by atoms with Gasteiger partial charge >= 0.3 is 32.8 Å². The Morgan fingerprint density at radius 2 is 1.13 bits per heavy atom. The van der Waals surface area contributed by atoms with Gasteiger partial charge in [0.25, 0.3) is 5.69 Å². The van der Waals surface area contributed by atoms with Crippen LogP contribution in [0.3, 0.4) is 0 Å². The molecule has 0 amide bonds. The topological polar surface area (TPSA) is 33.1 Å². The maximum Gasteiger partial charge on any atom is 2.00 e. The van der Waals surface area contributed by atoms with Crippen LogP contribution in [0.1, 0.15) is 52.7 Å². The average Bonchev–Trinajstić information content (AvgIpc) is 3.90. The van der Waals surface area contributed by atoms with E-state index in [0.29, 0.717) is 11.5 Å². The maximum atomic E-state index is 6.74. The van der Waals surface area contributed by atoms with E-state index in [9.17, 15) is 0 Å². The molecule has 68 heavy (non-hydrogen) atoms. The van der Waals surface area contributed by atoms with Crippen LogP contribution in [-0.2, 0) is 31.9 Å². The fourth-order valence-electron chi connectivity index (χ4n) is 9.30. The number of fused-ring (bicyclic) bond motifs is 4. The summed E-state index contributed by atoms with van der Waals surface area (Å²) in [6, 6.07) is 77.3. The SMILES string of the molecule is CC(C)(C)c1ccnc(-n2c3[c-]c(Oc4[c-]c([N+]5=C=[N+](c6ccccc6)c6c(-c7c(-c8ccccc8)cccc7-c7ccccc7)cccc65)ccc4)ccc3c3cc(C(C)(C)C)ccc32)c1.[Pt+2]. The van der Waals surface area contributed by atoms with Gasteiger partial charge in [-0.3, -0.25) is 0 Å². The molecule has 3 heterocycles. The summed E-state index contributed by atoms with van der Waals surface area (Å²) in [4.78, 5) is 4.93. The summed E-state index contributed by atoms with van der Waals surface area (Å²) < 4.78 is 13.2. The Balaban J connectivity index is 0.00000539. The Labute approximate surface area is 413 Å². The van der Waals surface area contributed by atoms with Gasteiger partial charge in [-0.1, -0.05) is 179 Å². The van der Waals surface area contributed by atoms with Gasteiger partial charge in [-0.15, -0.1) is 23.6 Å². The van der Waals surface area contributed by atoms with Gasteiger partial charge in [-0.05, 0) is 78.4 Å². The molecule has 332 valence electrons. The number of pyridine rings is 1. The zero-order chi connectivity index (χ0) is 45.9. The van der Waals surface area contributed by atoms with Gasteiger partial charge in [0.1, 0.15) is 11.5 Å². The molecule has 0 N–H and O–H groups in total. The van der Waals surface area contributed by atoms with Crippen molar-refractivity contribution in [1.82, 2.24) is 18.7 Å². The molecule has 0 bridgehead atoms. The van der Waals surface area contributed by atoms with Crippen LogP contribution in [0.25, 0.3) is 61.0 Å². The van der Waals surface area contributed by atoms with Crippen molar-refractivity contribution in [3.05, 3.63) is 218 Å². The van der Waals surface area contributed by atoms with E-state index in [1.165, 1.54) is 11.1 Å². The molecule has 0 saturated carbocycles. The Morgan fingerprint density at radius 1 is 0.529 bits per heavy atom. The van der Waals surface area contributed by atoms with E-state index in [4.69, 9.17) is 9.72 Å². The summed E-state index contributed by atoms with van der Waals surface area (Å²) in [7, 11) is 0. The molecule has 1 aliphatic heterocycles. The molecule has 1 aliphatic rings. The molecule has 0 saturated heterocycles. The Morgan fingerprint density at radius 3 is 1.81 bits per heavy atom. The molecular weight excluding hydrogens is 1010 g/mol. The molecule has 0 fully saturated rings. The first kappa shape index (κ1) is 44.4. The van der Waals surface area contributed by atoms with Crippen LogP contribution in [0.5, 0.6) is 11.5 Å². The summed E-state index contributed by atoms with van der Waals surface area (Å²) in [6.07, 6.45) is 1.91. The molecule has 0 atom stereocenters. The van der Waals surface area contributed by atoms with Gasteiger partial charge in [0.15, 0.2) is 0 Å². The van der Waals surface area contributed by atoms with E-state index in [1.807, 2.05) is 30.5 Å². The fraction of sp³-hybridized carbons (Fsp3) is 0.129. The fourth-order valence-corrected chi connectivity index (χ4v) is 9.30. The number of para-hydroxylation sites is 2. The number of nitrogens with zero attached hydrogens (tertiary/aromatic N) is 4. The van der Waals surface area contributed by atoms with E-state index in [-0.39, 0.29) is 31.9 Å². The molecular formula is C62H50N4OPt+2. The number of ether oxygens (including phenoxy) is 1. The number of aromatic nitrogens is 2. The molecule has 5 nitrogen and oxygen atoms in total. The third-order valence-corrected chi connectivity index (χ3v) is 12.8. The number of benzene rings is 8. The molecule has 0 unspecified atom stereocenters. The van der Waals surface area contributed by atoms with Crippen molar-refractivity contribution in [2.75, 3.05) is 0 Å².